The van der Waals surface area contributed by atoms with Crippen LogP contribution in [0.3, 0.4) is 0 Å². The number of hydrogen-bond acceptors (Lipinski definition) is 4. The number of fused-ring (bicyclic) bond motifs is 1. The summed E-state index contributed by atoms with van der Waals surface area (Å²) in [4.78, 5) is 25.1. The van der Waals surface area contributed by atoms with Crippen molar-refractivity contribution in [1.82, 2.24) is 9.78 Å². The Hall–Kier alpha value is -3.64. The summed E-state index contributed by atoms with van der Waals surface area (Å²) in [5.74, 6) is -0.691. The predicted molar refractivity (Wildman–Crippen MR) is 126 cm³/mol. The van der Waals surface area contributed by atoms with Crippen molar-refractivity contribution in [2.24, 2.45) is 0 Å². The monoisotopic (exact) mass is 447 g/mol. The molecule has 0 bridgehead atoms. The summed E-state index contributed by atoms with van der Waals surface area (Å²) in [5, 5.41) is 9.09. The molecule has 0 saturated heterocycles. The quantitative estimate of drug-likeness (QED) is 0.383. The van der Waals surface area contributed by atoms with Crippen LogP contribution in [0.1, 0.15) is 30.2 Å². The number of nitrogens with one attached hydrogen (secondary N) is 1. The Kier molecular flexibility index (Phi) is 6.23. The van der Waals surface area contributed by atoms with E-state index in [4.69, 9.17) is 21.4 Å². The summed E-state index contributed by atoms with van der Waals surface area (Å²) in [5.41, 5.74) is 3.38. The number of ether oxygens (including phenoxy) is 1. The molecule has 1 amide bonds. The van der Waals surface area contributed by atoms with Gasteiger partial charge in [0.1, 0.15) is 11.7 Å². The van der Waals surface area contributed by atoms with Crippen LogP contribution < -0.4 is 5.32 Å². The van der Waals surface area contributed by atoms with Gasteiger partial charge in [0, 0.05) is 21.7 Å². The first-order chi connectivity index (χ1) is 15.5. The number of nitrogens with zero attached hydrogens (tertiary/aromatic N) is 2. The van der Waals surface area contributed by atoms with E-state index in [2.05, 4.69) is 5.32 Å². The van der Waals surface area contributed by atoms with E-state index in [1.165, 1.54) is 0 Å². The molecule has 4 aromatic rings. The Morgan fingerprint density at radius 3 is 2.59 bits per heavy atom. The molecule has 0 radical (unpaired) electrons. The van der Waals surface area contributed by atoms with E-state index in [0.29, 0.717) is 16.3 Å². The van der Waals surface area contributed by atoms with Crippen LogP contribution in [-0.2, 0) is 9.53 Å². The molecule has 1 N–H and O–H groups in total. The highest BCUT2D eigenvalue weighted by atomic mass is 35.5. The zero-order chi connectivity index (χ0) is 22.7. The minimum Gasteiger partial charge on any atom is -0.462 e. The van der Waals surface area contributed by atoms with E-state index in [9.17, 15) is 9.59 Å². The number of hydrogen-bond donors (Lipinski definition) is 1. The number of rotatable bonds is 6. The largest absolute Gasteiger partial charge is 0.462 e. The third-order valence-electron chi connectivity index (χ3n) is 5.10. The smallest absolute Gasteiger partial charge is 0.338 e. The summed E-state index contributed by atoms with van der Waals surface area (Å²) < 4.78 is 6.72. The molecule has 7 heteroatoms. The van der Waals surface area contributed by atoms with Gasteiger partial charge in [0.15, 0.2) is 0 Å². The number of esters is 1. The first-order valence-corrected chi connectivity index (χ1v) is 10.7. The van der Waals surface area contributed by atoms with E-state index >= 15 is 0 Å². The molecular formula is C25H22ClN3O3. The van der Waals surface area contributed by atoms with Gasteiger partial charge < -0.3 is 10.1 Å². The molecule has 0 aliphatic carbocycles. The molecule has 0 fully saturated rings. The van der Waals surface area contributed by atoms with Crippen LogP contribution in [0, 0.1) is 0 Å². The van der Waals surface area contributed by atoms with Gasteiger partial charge in [0.05, 0.1) is 17.7 Å². The zero-order valence-corrected chi connectivity index (χ0v) is 18.5. The van der Waals surface area contributed by atoms with E-state index in [-0.39, 0.29) is 12.5 Å². The van der Waals surface area contributed by atoms with Crippen LogP contribution >= 0.6 is 11.6 Å². The van der Waals surface area contributed by atoms with Gasteiger partial charge in [0.25, 0.3) is 0 Å². The van der Waals surface area contributed by atoms with Crippen molar-refractivity contribution in [3.8, 4) is 11.3 Å². The molecule has 1 aromatic heterocycles. The summed E-state index contributed by atoms with van der Waals surface area (Å²) >= 11 is 6.25. The summed E-state index contributed by atoms with van der Waals surface area (Å²) in [6.45, 7) is 3.81. The maximum Gasteiger partial charge on any atom is 0.338 e. The van der Waals surface area contributed by atoms with Gasteiger partial charge in [-0.3, -0.25) is 9.48 Å². The van der Waals surface area contributed by atoms with Crippen LogP contribution in [0.2, 0.25) is 5.02 Å². The SMILES string of the molecule is CCOC(=O)c1cccc(NC(=O)C(C)n2nc(-c3ccccc3)c3cc(Cl)ccc32)c1. The molecule has 0 aliphatic heterocycles. The van der Waals surface area contributed by atoms with Gasteiger partial charge in [-0.1, -0.05) is 48.0 Å². The average Bonchev–Trinajstić information content (AvgIpc) is 3.18. The van der Waals surface area contributed by atoms with Crippen molar-refractivity contribution in [3.05, 3.63) is 83.4 Å². The molecule has 162 valence electrons. The Balaban J connectivity index is 1.66. The van der Waals surface area contributed by atoms with Crippen LogP contribution in [0.25, 0.3) is 22.2 Å². The van der Waals surface area contributed by atoms with Crippen molar-refractivity contribution < 1.29 is 14.3 Å². The number of halogens is 1. The highest BCUT2D eigenvalue weighted by Crippen LogP contribution is 2.32. The van der Waals surface area contributed by atoms with Gasteiger partial charge in [-0.05, 0) is 50.2 Å². The van der Waals surface area contributed by atoms with Gasteiger partial charge in [-0.25, -0.2) is 4.79 Å². The Morgan fingerprint density at radius 1 is 1.06 bits per heavy atom. The number of carbonyl (C=O) groups is 2. The van der Waals surface area contributed by atoms with Crippen LogP contribution in [0.4, 0.5) is 5.69 Å². The van der Waals surface area contributed by atoms with Gasteiger partial charge >= 0.3 is 5.97 Å². The Morgan fingerprint density at radius 2 is 1.84 bits per heavy atom. The van der Waals surface area contributed by atoms with E-state index in [0.717, 1.165) is 22.2 Å². The molecule has 1 atom stereocenters. The van der Waals surface area contributed by atoms with E-state index in [1.54, 1.807) is 48.9 Å². The number of amides is 1. The van der Waals surface area contributed by atoms with Gasteiger partial charge in [-0.15, -0.1) is 0 Å². The van der Waals surface area contributed by atoms with Crippen LogP contribution in [0.15, 0.2) is 72.8 Å². The van der Waals surface area contributed by atoms with Crippen LogP contribution in [0.5, 0.6) is 0 Å². The molecule has 4 rings (SSSR count). The number of anilines is 1. The minimum atomic E-state index is -0.609. The molecule has 6 nitrogen and oxygen atoms in total. The fourth-order valence-corrected chi connectivity index (χ4v) is 3.69. The summed E-state index contributed by atoms with van der Waals surface area (Å²) in [6.07, 6.45) is 0. The van der Waals surface area contributed by atoms with Crippen molar-refractivity contribution in [2.75, 3.05) is 11.9 Å². The second-order valence-corrected chi connectivity index (χ2v) is 7.72. The second kappa shape index (κ2) is 9.24. The lowest BCUT2D eigenvalue weighted by Crippen LogP contribution is -2.24. The lowest BCUT2D eigenvalue weighted by atomic mass is 10.1. The third kappa shape index (κ3) is 4.36. The van der Waals surface area contributed by atoms with Crippen molar-refractivity contribution in [3.63, 3.8) is 0 Å². The minimum absolute atomic E-state index is 0.259. The van der Waals surface area contributed by atoms with E-state index in [1.807, 2.05) is 42.5 Å². The Labute approximate surface area is 190 Å². The van der Waals surface area contributed by atoms with Crippen molar-refractivity contribution >= 4 is 40.1 Å². The topological polar surface area (TPSA) is 73.2 Å². The molecule has 0 saturated carbocycles. The first-order valence-electron chi connectivity index (χ1n) is 10.3. The molecule has 32 heavy (non-hydrogen) atoms. The van der Waals surface area contributed by atoms with Gasteiger partial charge in [-0.2, -0.15) is 5.10 Å². The Bertz CT molecular complexity index is 1280. The molecule has 1 unspecified atom stereocenters. The normalized spacial score (nSPS) is 11.8. The zero-order valence-electron chi connectivity index (χ0n) is 17.7. The molecule has 0 aliphatic rings. The highest BCUT2D eigenvalue weighted by molar-refractivity contribution is 6.31. The lowest BCUT2D eigenvalue weighted by Gasteiger charge is -2.14. The fourth-order valence-electron chi connectivity index (χ4n) is 3.51. The fraction of sp³-hybridized carbons (Fsp3) is 0.160. The highest BCUT2D eigenvalue weighted by Gasteiger charge is 2.22. The number of benzene rings is 3. The third-order valence-corrected chi connectivity index (χ3v) is 5.34. The summed E-state index contributed by atoms with van der Waals surface area (Å²) in [7, 11) is 0. The van der Waals surface area contributed by atoms with Crippen LogP contribution in [-0.4, -0.2) is 28.3 Å². The second-order valence-electron chi connectivity index (χ2n) is 7.29. The van der Waals surface area contributed by atoms with Crippen molar-refractivity contribution in [1.29, 1.82) is 0 Å². The number of carbonyl (C=O) groups excluding carboxylic acids is 2. The molecular weight excluding hydrogens is 426 g/mol. The standard InChI is InChI=1S/C25H22ClN3O3/c1-3-32-25(31)18-10-7-11-20(14-18)27-24(30)16(2)29-22-13-12-19(26)15-21(22)23(28-29)17-8-5-4-6-9-17/h4-16H,3H2,1-2H3,(H,27,30). The maximum absolute atomic E-state index is 13.1. The first kappa shape index (κ1) is 21.6. The predicted octanol–water partition coefficient (Wildman–Crippen LogP) is 5.73. The molecule has 3 aromatic carbocycles. The van der Waals surface area contributed by atoms with Crippen molar-refractivity contribution in [2.45, 2.75) is 19.9 Å². The van der Waals surface area contributed by atoms with E-state index < -0.39 is 12.0 Å². The molecule has 1 heterocycles. The summed E-state index contributed by atoms with van der Waals surface area (Å²) in [6, 6.07) is 21.3. The number of aromatic nitrogens is 2. The maximum atomic E-state index is 13.1. The lowest BCUT2D eigenvalue weighted by molar-refractivity contribution is -0.118. The molecule has 0 spiro atoms. The average molecular weight is 448 g/mol. The van der Waals surface area contributed by atoms with Gasteiger partial charge in [0.2, 0.25) is 5.91 Å².